The number of ether oxygens (including phenoxy) is 1. The van der Waals surface area contributed by atoms with Crippen LogP contribution in [0, 0.1) is 0 Å². The van der Waals surface area contributed by atoms with Crippen LogP contribution in [0.5, 0.6) is 0 Å². The van der Waals surface area contributed by atoms with Crippen molar-refractivity contribution in [2.24, 2.45) is 5.84 Å². The Kier molecular flexibility index (Phi) is 5.24. The van der Waals surface area contributed by atoms with E-state index in [1.54, 1.807) is 25.4 Å². The molecule has 1 amide bonds. The van der Waals surface area contributed by atoms with Crippen LogP contribution in [0.4, 0.5) is 5.82 Å². The van der Waals surface area contributed by atoms with Gasteiger partial charge in [0.15, 0.2) is 5.82 Å². The van der Waals surface area contributed by atoms with E-state index in [1.165, 1.54) is 0 Å². The Morgan fingerprint density at radius 2 is 2.44 bits per heavy atom. The van der Waals surface area contributed by atoms with Gasteiger partial charge in [-0.2, -0.15) is 0 Å². The number of rotatable bonds is 6. The number of anilines is 1. The number of nitrogen functional groups attached to an aromatic ring is 1. The van der Waals surface area contributed by atoms with Gasteiger partial charge in [0.1, 0.15) is 0 Å². The maximum atomic E-state index is 11.7. The highest BCUT2D eigenvalue weighted by Gasteiger charge is 2.10. The van der Waals surface area contributed by atoms with Crippen molar-refractivity contribution in [2.75, 3.05) is 25.7 Å². The average molecular weight is 224 g/mol. The summed E-state index contributed by atoms with van der Waals surface area (Å²) >= 11 is 0. The third-order valence-corrected chi connectivity index (χ3v) is 2.00. The lowest BCUT2D eigenvalue weighted by molar-refractivity contribution is 0.0949. The zero-order valence-corrected chi connectivity index (χ0v) is 9.19. The molecule has 6 heteroatoms. The van der Waals surface area contributed by atoms with Crippen LogP contribution in [0.2, 0.25) is 0 Å². The largest absolute Gasteiger partial charge is 0.385 e. The molecule has 0 fully saturated rings. The highest BCUT2D eigenvalue weighted by Crippen LogP contribution is 2.08. The van der Waals surface area contributed by atoms with Crippen LogP contribution in [-0.4, -0.2) is 31.2 Å². The van der Waals surface area contributed by atoms with Crippen molar-refractivity contribution in [1.29, 1.82) is 0 Å². The number of nitrogens with two attached hydrogens (primary N) is 1. The minimum atomic E-state index is -0.197. The van der Waals surface area contributed by atoms with E-state index < -0.39 is 0 Å². The summed E-state index contributed by atoms with van der Waals surface area (Å²) in [5.74, 6) is 5.42. The lowest BCUT2D eigenvalue weighted by Gasteiger charge is -2.08. The van der Waals surface area contributed by atoms with Gasteiger partial charge in [-0.25, -0.2) is 10.8 Å². The monoisotopic (exact) mass is 224 g/mol. The van der Waals surface area contributed by atoms with Gasteiger partial charge >= 0.3 is 0 Å². The Bertz CT molecular complexity index is 343. The maximum Gasteiger partial charge on any atom is 0.255 e. The normalized spacial score (nSPS) is 9.88. The van der Waals surface area contributed by atoms with Gasteiger partial charge in [0.2, 0.25) is 0 Å². The molecule has 0 spiro atoms. The van der Waals surface area contributed by atoms with Gasteiger partial charge in [-0.05, 0) is 18.6 Å². The third kappa shape index (κ3) is 3.48. The van der Waals surface area contributed by atoms with Crippen molar-refractivity contribution in [3.8, 4) is 0 Å². The van der Waals surface area contributed by atoms with E-state index in [-0.39, 0.29) is 5.91 Å². The van der Waals surface area contributed by atoms with Gasteiger partial charge in [0, 0.05) is 26.5 Å². The molecule has 6 nitrogen and oxygen atoms in total. The number of amides is 1. The molecule has 0 aliphatic rings. The lowest BCUT2D eigenvalue weighted by Crippen LogP contribution is -2.27. The quantitative estimate of drug-likeness (QED) is 0.363. The molecule has 4 N–H and O–H groups in total. The van der Waals surface area contributed by atoms with Crippen LogP contribution in [0.3, 0.4) is 0 Å². The average Bonchev–Trinajstić information content (AvgIpc) is 2.34. The van der Waals surface area contributed by atoms with Crippen LogP contribution < -0.4 is 16.6 Å². The molecule has 0 atom stereocenters. The number of hydrogen-bond acceptors (Lipinski definition) is 5. The van der Waals surface area contributed by atoms with Crippen LogP contribution >= 0.6 is 0 Å². The summed E-state index contributed by atoms with van der Waals surface area (Å²) < 4.78 is 4.88. The summed E-state index contributed by atoms with van der Waals surface area (Å²) in [4.78, 5) is 15.6. The van der Waals surface area contributed by atoms with E-state index in [2.05, 4.69) is 15.7 Å². The van der Waals surface area contributed by atoms with E-state index >= 15 is 0 Å². The molecular formula is C10H16N4O2. The van der Waals surface area contributed by atoms with E-state index in [0.29, 0.717) is 24.5 Å². The standard InChI is InChI=1S/C10H16N4O2/c1-16-7-3-6-13-10(15)8-4-2-5-12-9(8)14-11/h2,4-5H,3,6-7,11H2,1H3,(H,12,14)(H,13,15). The van der Waals surface area contributed by atoms with Crippen LogP contribution in [0.15, 0.2) is 18.3 Å². The molecule has 0 radical (unpaired) electrons. The third-order valence-electron chi connectivity index (χ3n) is 2.00. The molecular weight excluding hydrogens is 208 g/mol. The van der Waals surface area contributed by atoms with Crippen molar-refractivity contribution in [1.82, 2.24) is 10.3 Å². The zero-order chi connectivity index (χ0) is 11.8. The Labute approximate surface area is 94.2 Å². The number of carbonyl (C=O) groups is 1. The Morgan fingerprint density at radius 1 is 1.62 bits per heavy atom. The topological polar surface area (TPSA) is 89.3 Å². The minimum absolute atomic E-state index is 0.197. The molecule has 0 saturated heterocycles. The first-order chi connectivity index (χ1) is 7.79. The second-order valence-electron chi connectivity index (χ2n) is 3.15. The van der Waals surface area contributed by atoms with Gasteiger partial charge in [0.25, 0.3) is 5.91 Å². The Balaban J connectivity index is 2.52. The Morgan fingerprint density at radius 3 is 3.12 bits per heavy atom. The Hall–Kier alpha value is -1.66. The van der Waals surface area contributed by atoms with E-state index in [4.69, 9.17) is 10.6 Å². The van der Waals surface area contributed by atoms with Crippen LogP contribution in [0.25, 0.3) is 0 Å². The fraction of sp³-hybridized carbons (Fsp3) is 0.400. The van der Waals surface area contributed by atoms with Gasteiger partial charge in [-0.1, -0.05) is 0 Å². The number of aromatic nitrogens is 1. The van der Waals surface area contributed by atoms with Crippen molar-refractivity contribution in [3.05, 3.63) is 23.9 Å². The van der Waals surface area contributed by atoms with Gasteiger partial charge in [0.05, 0.1) is 5.56 Å². The number of methoxy groups -OCH3 is 1. The molecule has 0 saturated carbocycles. The minimum Gasteiger partial charge on any atom is -0.385 e. The first-order valence-electron chi connectivity index (χ1n) is 4.98. The van der Waals surface area contributed by atoms with Crippen molar-refractivity contribution in [3.63, 3.8) is 0 Å². The number of nitrogens with zero attached hydrogens (tertiary/aromatic N) is 1. The van der Waals surface area contributed by atoms with Gasteiger partial charge in [-0.15, -0.1) is 0 Å². The predicted molar refractivity (Wildman–Crippen MR) is 60.9 cm³/mol. The molecule has 0 aliphatic heterocycles. The summed E-state index contributed by atoms with van der Waals surface area (Å²) in [5.41, 5.74) is 2.81. The predicted octanol–water partition coefficient (Wildman–Crippen LogP) is 0.134. The second kappa shape index (κ2) is 6.76. The van der Waals surface area contributed by atoms with Gasteiger partial charge < -0.3 is 15.5 Å². The SMILES string of the molecule is COCCCNC(=O)c1cccnc1NN. The number of nitrogens with one attached hydrogen (secondary N) is 2. The molecule has 0 aromatic carbocycles. The first-order valence-corrected chi connectivity index (χ1v) is 4.98. The molecule has 0 aliphatic carbocycles. The van der Waals surface area contributed by atoms with Crippen molar-refractivity contribution < 1.29 is 9.53 Å². The fourth-order valence-electron chi connectivity index (χ4n) is 1.22. The van der Waals surface area contributed by atoms with E-state index in [9.17, 15) is 4.79 Å². The molecule has 0 bridgehead atoms. The number of hydrogen-bond donors (Lipinski definition) is 3. The molecule has 1 aromatic heterocycles. The fourth-order valence-corrected chi connectivity index (χ4v) is 1.22. The van der Waals surface area contributed by atoms with Crippen LogP contribution in [-0.2, 0) is 4.74 Å². The maximum absolute atomic E-state index is 11.7. The number of pyridine rings is 1. The summed E-state index contributed by atoms with van der Waals surface area (Å²) in [6, 6.07) is 3.35. The number of carbonyl (C=O) groups excluding carboxylic acids is 1. The van der Waals surface area contributed by atoms with Crippen molar-refractivity contribution in [2.45, 2.75) is 6.42 Å². The summed E-state index contributed by atoms with van der Waals surface area (Å²) in [7, 11) is 1.62. The first kappa shape index (κ1) is 12.4. The van der Waals surface area contributed by atoms with Crippen molar-refractivity contribution >= 4 is 11.7 Å². The molecule has 16 heavy (non-hydrogen) atoms. The molecule has 1 heterocycles. The smallest absolute Gasteiger partial charge is 0.255 e. The van der Waals surface area contributed by atoms with Gasteiger partial charge in [-0.3, -0.25) is 4.79 Å². The molecule has 0 unspecified atom stereocenters. The van der Waals surface area contributed by atoms with Crippen LogP contribution in [0.1, 0.15) is 16.8 Å². The lowest BCUT2D eigenvalue weighted by atomic mass is 10.2. The molecule has 1 rings (SSSR count). The zero-order valence-electron chi connectivity index (χ0n) is 9.19. The summed E-state index contributed by atoms with van der Waals surface area (Å²) in [6.07, 6.45) is 2.34. The van der Waals surface area contributed by atoms with E-state index in [0.717, 1.165) is 6.42 Å². The highest BCUT2D eigenvalue weighted by molar-refractivity contribution is 5.98. The number of hydrazine groups is 1. The second-order valence-corrected chi connectivity index (χ2v) is 3.15. The summed E-state index contributed by atoms with van der Waals surface area (Å²) in [5, 5.41) is 2.75. The summed E-state index contributed by atoms with van der Waals surface area (Å²) in [6.45, 7) is 1.18. The highest BCUT2D eigenvalue weighted by atomic mass is 16.5. The van der Waals surface area contributed by atoms with E-state index in [1.807, 2.05) is 0 Å². The molecule has 88 valence electrons. The molecule has 1 aromatic rings.